The van der Waals surface area contributed by atoms with Gasteiger partial charge >= 0.3 is 0 Å². The van der Waals surface area contributed by atoms with Gasteiger partial charge in [-0.3, -0.25) is 13.5 Å². The van der Waals surface area contributed by atoms with Gasteiger partial charge in [0.15, 0.2) is 0 Å². The maximum absolute atomic E-state index is 5.13. The minimum atomic E-state index is 0.899. The van der Waals surface area contributed by atoms with Crippen molar-refractivity contribution in [2.45, 2.75) is 0 Å². The van der Waals surface area contributed by atoms with Crippen LogP contribution in [0, 0.1) is 0 Å². The summed E-state index contributed by atoms with van der Waals surface area (Å²) in [6, 6.07) is 46.9. The van der Waals surface area contributed by atoms with Crippen LogP contribution in [0.1, 0.15) is 0 Å². The van der Waals surface area contributed by atoms with E-state index in [4.69, 9.17) is 9.97 Å². The molecule has 4 aromatic heterocycles. The minimum absolute atomic E-state index is 0.899. The average Bonchev–Trinajstić information content (AvgIpc) is 3.68. The van der Waals surface area contributed by atoms with E-state index >= 15 is 0 Å². The van der Waals surface area contributed by atoms with Crippen LogP contribution < -0.4 is 0 Å². The van der Waals surface area contributed by atoms with Gasteiger partial charge in [0.25, 0.3) is 0 Å². The van der Waals surface area contributed by atoms with Crippen molar-refractivity contribution in [2.24, 2.45) is 0 Å². The van der Waals surface area contributed by atoms with Crippen molar-refractivity contribution in [1.82, 2.24) is 23.5 Å². The molecule has 5 heteroatoms. The maximum atomic E-state index is 5.13. The van der Waals surface area contributed by atoms with Crippen LogP contribution in [0.4, 0.5) is 0 Å². The fourth-order valence-corrected chi connectivity index (χ4v) is 6.42. The second-order valence-electron chi connectivity index (χ2n) is 10.3. The summed E-state index contributed by atoms with van der Waals surface area (Å²) in [4.78, 5) is 9.98. The van der Waals surface area contributed by atoms with E-state index in [1.165, 1.54) is 5.39 Å². The molecule has 0 N–H and O–H groups in total. The second-order valence-corrected chi connectivity index (χ2v) is 10.3. The predicted molar refractivity (Wildman–Crippen MR) is 167 cm³/mol. The number of para-hydroxylation sites is 7. The number of benzene rings is 5. The van der Waals surface area contributed by atoms with Crippen molar-refractivity contribution in [3.63, 3.8) is 0 Å². The first kappa shape index (κ1) is 22.2. The normalized spacial score (nSPS) is 11.9. The zero-order valence-electron chi connectivity index (χ0n) is 22.0. The topological polar surface area (TPSA) is 40.0 Å². The van der Waals surface area contributed by atoms with Crippen molar-refractivity contribution >= 4 is 49.8 Å². The zero-order chi connectivity index (χ0) is 26.9. The molecule has 0 unspecified atom stereocenters. The Kier molecular flexibility index (Phi) is 4.55. The largest absolute Gasteiger partial charge is 0.293 e. The second kappa shape index (κ2) is 8.41. The lowest BCUT2D eigenvalue weighted by molar-refractivity contribution is 1.10. The number of fused-ring (bicyclic) bond motifs is 8. The molecule has 0 radical (unpaired) electrons. The SMILES string of the molecule is c1ccc(-n2c3ccccc3c3cccnc32)c(-c2ccccc2-n2c3ccccc3n3c4ccccc4nc23)c1. The van der Waals surface area contributed by atoms with Crippen molar-refractivity contribution in [3.05, 3.63) is 140 Å². The number of imidazole rings is 2. The van der Waals surface area contributed by atoms with E-state index in [1.807, 2.05) is 18.3 Å². The van der Waals surface area contributed by atoms with Crippen LogP contribution in [0.15, 0.2) is 140 Å². The van der Waals surface area contributed by atoms with Crippen LogP contribution in [-0.2, 0) is 0 Å². The van der Waals surface area contributed by atoms with Gasteiger partial charge in [0.05, 0.1) is 39.0 Å². The summed E-state index contributed by atoms with van der Waals surface area (Å²) in [5.74, 6) is 0.899. The van der Waals surface area contributed by atoms with Crippen molar-refractivity contribution in [1.29, 1.82) is 0 Å². The van der Waals surface area contributed by atoms with E-state index in [0.717, 1.165) is 66.9 Å². The molecule has 0 aliphatic carbocycles. The fourth-order valence-electron chi connectivity index (χ4n) is 6.42. The molecule has 0 atom stereocenters. The maximum Gasteiger partial charge on any atom is 0.220 e. The van der Waals surface area contributed by atoms with E-state index in [9.17, 15) is 0 Å². The quantitative estimate of drug-likeness (QED) is 0.232. The summed E-state index contributed by atoms with van der Waals surface area (Å²) in [7, 11) is 0. The van der Waals surface area contributed by atoms with Gasteiger partial charge in [0, 0.05) is 28.1 Å². The van der Waals surface area contributed by atoms with Gasteiger partial charge in [0.2, 0.25) is 5.78 Å². The van der Waals surface area contributed by atoms with E-state index in [2.05, 4.69) is 135 Å². The molecule has 4 heterocycles. The van der Waals surface area contributed by atoms with Crippen LogP contribution in [0.3, 0.4) is 0 Å². The van der Waals surface area contributed by atoms with E-state index in [1.54, 1.807) is 0 Å². The first-order chi connectivity index (χ1) is 20.4. The third kappa shape index (κ3) is 3.06. The fraction of sp³-hybridized carbons (Fsp3) is 0. The monoisotopic (exact) mass is 525 g/mol. The number of aromatic nitrogens is 5. The van der Waals surface area contributed by atoms with Gasteiger partial charge in [-0.05, 0) is 54.6 Å². The molecule has 0 aliphatic rings. The lowest BCUT2D eigenvalue weighted by atomic mass is 10.0. The Labute approximate surface area is 235 Å². The molecule has 41 heavy (non-hydrogen) atoms. The summed E-state index contributed by atoms with van der Waals surface area (Å²) in [5.41, 5.74) is 10.8. The van der Waals surface area contributed by atoms with Crippen LogP contribution in [0.2, 0.25) is 0 Å². The Morgan fingerprint density at radius 3 is 1.83 bits per heavy atom. The van der Waals surface area contributed by atoms with Gasteiger partial charge < -0.3 is 0 Å². The average molecular weight is 526 g/mol. The van der Waals surface area contributed by atoms with Crippen LogP contribution in [0.5, 0.6) is 0 Å². The Morgan fingerprint density at radius 1 is 0.439 bits per heavy atom. The number of pyridine rings is 1. The van der Waals surface area contributed by atoms with Crippen molar-refractivity contribution in [3.8, 4) is 22.5 Å². The van der Waals surface area contributed by atoms with E-state index < -0.39 is 0 Å². The molecular weight excluding hydrogens is 502 g/mol. The van der Waals surface area contributed by atoms with E-state index in [0.29, 0.717) is 0 Å². The van der Waals surface area contributed by atoms with Crippen LogP contribution >= 0.6 is 0 Å². The molecule has 5 nitrogen and oxygen atoms in total. The highest BCUT2D eigenvalue weighted by Crippen LogP contribution is 2.39. The number of hydrogen-bond donors (Lipinski definition) is 0. The number of nitrogens with zero attached hydrogens (tertiary/aromatic N) is 5. The minimum Gasteiger partial charge on any atom is -0.293 e. The summed E-state index contributed by atoms with van der Waals surface area (Å²) in [6.07, 6.45) is 1.87. The molecule has 9 rings (SSSR count). The summed E-state index contributed by atoms with van der Waals surface area (Å²) < 4.78 is 6.86. The molecule has 192 valence electrons. The molecule has 0 aliphatic heterocycles. The highest BCUT2D eigenvalue weighted by atomic mass is 15.2. The number of rotatable bonds is 3. The first-order valence-electron chi connectivity index (χ1n) is 13.8. The molecule has 0 fully saturated rings. The Hall–Kier alpha value is -5.68. The Bertz CT molecular complexity index is 2390. The summed E-state index contributed by atoms with van der Waals surface area (Å²) in [6.45, 7) is 0. The third-order valence-electron chi connectivity index (χ3n) is 8.12. The van der Waals surface area contributed by atoms with Crippen molar-refractivity contribution < 1.29 is 0 Å². The molecule has 0 spiro atoms. The first-order valence-corrected chi connectivity index (χ1v) is 13.8. The smallest absolute Gasteiger partial charge is 0.220 e. The van der Waals surface area contributed by atoms with E-state index in [-0.39, 0.29) is 0 Å². The standard InChI is InChI=1S/C36H23N5/c1-5-17-29(39-30-18-6-3-14-26(30)27-15-11-23-37-35(27)39)24(12-1)25-13-2-7-19-31(25)40-33-21-9-10-22-34(33)41-32-20-8-4-16-28(32)38-36(40)41/h1-23H. The lowest BCUT2D eigenvalue weighted by Crippen LogP contribution is -2.02. The highest BCUT2D eigenvalue weighted by Gasteiger charge is 2.21. The molecule has 0 amide bonds. The van der Waals surface area contributed by atoms with Gasteiger partial charge in [-0.2, -0.15) is 0 Å². The zero-order valence-corrected chi connectivity index (χ0v) is 22.0. The van der Waals surface area contributed by atoms with Crippen molar-refractivity contribution in [2.75, 3.05) is 0 Å². The molecule has 0 saturated heterocycles. The summed E-state index contributed by atoms with van der Waals surface area (Å²) >= 11 is 0. The van der Waals surface area contributed by atoms with Crippen LogP contribution in [-0.4, -0.2) is 23.5 Å². The molecule has 0 saturated carbocycles. The third-order valence-corrected chi connectivity index (χ3v) is 8.12. The highest BCUT2D eigenvalue weighted by molar-refractivity contribution is 6.08. The molecule has 9 aromatic rings. The number of hydrogen-bond acceptors (Lipinski definition) is 2. The van der Waals surface area contributed by atoms with Gasteiger partial charge in [-0.1, -0.05) is 78.9 Å². The molecule has 0 bridgehead atoms. The molecule has 5 aromatic carbocycles. The van der Waals surface area contributed by atoms with Gasteiger partial charge in [-0.25, -0.2) is 9.97 Å². The lowest BCUT2D eigenvalue weighted by Gasteiger charge is -2.17. The van der Waals surface area contributed by atoms with Gasteiger partial charge in [-0.15, -0.1) is 0 Å². The Morgan fingerprint density at radius 2 is 1.02 bits per heavy atom. The molecular formula is C36H23N5. The Balaban J connectivity index is 1.38. The van der Waals surface area contributed by atoms with Gasteiger partial charge in [0.1, 0.15) is 5.65 Å². The summed E-state index contributed by atoms with van der Waals surface area (Å²) in [5, 5.41) is 2.34. The predicted octanol–water partition coefficient (Wildman–Crippen LogP) is 8.59. The van der Waals surface area contributed by atoms with Crippen LogP contribution in [0.25, 0.3) is 72.3 Å².